The van der Waals surface area contributed by atoms with Crippen molar-refractivity contribution in [1.82, 2.24) is 0 Å². The van der Waals surface area contributed by atoms with Gasteiger partial charge >= 0.3 is 6.18 Å². The van der Waals surface area contributed by atoms with Crippen LogP contribution >= 0.6 is 28.3 Å². The van der Waals surface area contributed by atoms with E-state index in [4.69, 9.17) is 5.73 Å². The summed E-state index contributed by atoms with van der Waals surface area (Å²) >= 11 is 3.01. The monoisotopic (exact) mass is 361 g/mol. The van der Waals surface area contributed by atoms with Crippen molar-refractivity contribution < 1.29 is 18.3 Å². The largest absolute Gasteiger partial charge is 0.507 e. The second-order valence-electron chi connectivity index (χ2n) is 4.62. The van der Waals surface area contributed by atoms with Crippen molar-refractivity contribution in [3.8, 4) is 5.75 Å². The van der Waals surface area contributed by atoms with Crippen molar-refractivity contribution in [3.05, 3.63) is 27.7 Å². The highest BCUT2D eigenvalue weighted by molar-refractivity contribution is 9.10. The van der Waals surface area contributed by atoms with Gasteiger partial charge in [-0.3, -0.25) is 0 Å². The van der Waals surface area contributed by atoms with E-state index in [1.807, 2.05) is 13.8 Å². The van der Waals surface area contributed by atoms with Gasteiger partial charge in [0.05, 0.1) is 5.56 Å². The van der Waals surface area contributed by atoms with Crippen LogP contribution in [-0.4, -0.2) is 5.11 Å². The molecule has 0 saturated carbocycles. The minimum atomic E-state index is -4.60. The summed E-state index contributed by atoms with van der Waals surface area (Å²) in [5.41, 5.74) is 4.88. The second-order valence-corrected chi connectivity index (χ2v) is 5.54. The summed E-state index contributed by atoms with van der Waals surface area (Å²) in [6.07, 6.45) is -4.10. The molecule has 1 aromatic carbocycles. The topological polar surface area (TPSA) is 46.2 Å². The smallest absolute Gasteiger partial charge is 0.420 e. The first-order valence-electron chi connectivity index (χ1n) is 5.48. The van der Waals surface area contributed by atoms with Gasteiger partial charge in [0.25, 0.3) is 0 Å². The lowest BCUT2D eigenvalue weighted by atomic mass is 9.95. The molecule has 0 saturated heterocycles. The van der Waals surface area contributed by atoms with Crippen LogP contribution in [0.1, 0.15) is 37.4 Å². The number of halogens is 5. The highest BCUT2D eigenvalue weighted by Crippen LogP contribution is 2.41. The predicted octanol–water partition coefficient (Wildman–Crippen LogP) is 4.64. The minimum absolute atomic E-state index is 0. The number of rotatable bonds is 3. The Kier molecular flexibility index (Phi) is 6.65. The molecule has 19 heavy (non-hydrogen) atoms. The number of aromatic hydroxyl groups is 1. The SMILES string of the molecule is CC(C)C[C@H](N)c1cc(Br)cc(C(F)(F)F)c1O.Cl. The average molecular weight is 363 g/mol. The number of phenolic OH excluding ortho intramolecular Hbond substituents is 1. The molecule has 1 rings (SSSR count). The van der Waals surface area contributed by atoms with Crippen molar-refractivity contribution in [3.63, 3.8) is 0 Å². The Bertz CT molecular complexity index is 438. The van der Waals surface area contributed by atoms with Gasteiger partial charge in [0, 0.05) is 16.1 Å². The molecule has 0 amide bonds. The Morgan fingerprint density at radius 2 is 1.84 bits per heavy atom. The zero-order valence-electron chi connectivity index (χ0n) is 10.5. The molecule has 7 heteroatoms. The third kappa shape index (κ3) is 4.85. The van der Waals surface area contributed by atoms with Crippen LogP contribution in [0.2, 0.25) is 0 Å². The Morgan fingerprint density at radius 3 is 2.26 bits per heavy atom. The van der Waals surface area contributed by atoms with E-state index in [-0.39, 0.29) is 28.4 Å². The normalized spacial score (nSPS) is 13.3. The van der Waals surface area contributed by atoms with Gasteiger partial charge in [0.1, 0.15) is 5.75 Å². The summed E-state index contributed by atoms with van der Waals surface area (Å²) in [6.45, 7) is 3.83. The standard InChI is InChI=1S/C12H15BrF3NO.ClH/c1-6(2)3-10(17)8-4-7(13)5-9(11(8)18)12(14,15)16;/h4-6,10,18H,3,17H2,1-2H3;1H/t10-;/m0./s1. The van der Waals surface area contributed by atoms with Crippen molar-refractivity contribution in [2.75, 3.05) is 0 Å². The van der Waals surface area contributed by atoms with E-state index in [1.54, 1.807) is 0 Å². The second kappa shape index (κ2) is 6.81. The summed E-state index contributed by atoms with van der Waals surface area (Å²) in [5.74, 6) is -0.549. The fourth-order valence-corrected chi connectivity index (χ4v) is 2.23. The summed E-state index contributed by atoms with van der Waals surface area (Å²) in [5, 5.41) is 9.71. The van der Waals surface area contributed by atoms with Gasteiger partial charge in [-0.25, -0.2) is 0 Å². The number of nitrogens with two attached hydrogens (primary N) is 1. The Morgan fingerprint density at radius 1 is 1.32 bits per heavy atom. The van der Waals surface area contributed by atoms with Gasteiger partial charge in [0.15, 0.2) is 0 Å². The molecule has 0 aliphatic carbocycles. The molecule has 0 aliphatic rings. The Balaban J connectivity index is 0.00000324. The third-order valence-electron chi connectivity index (χ3n) is 2.53. The molecule has 2 nitrogen and oxygen atoms in total. The zero-order valence-corrected chi connectivity index (χ0v) is 12.9. The van der Waals surface area contributed by atoms with Gasteiger partial charge < -0.3 is 10.8 Å². The first-order valence-corrected chi connectivity index (χ1v) is 6.27. The van der Waals surface area contributed by atoms with Crippen molar-refractivity contribution in [2.24, 2.45) is 11.7 Å². The molecular formula is C12H16BrClF3NO. The first-order chi connectivity index (χ1) is 8.12. The van der Waals surface area contributed by atoms with Crippen LogP contribution in [0.5, 0.6) is 5.75 Å². The van der Waals surface area contributed by atoms with E-state index in [1.165, 1.54) is 6.07 Å². The molecule has 1 atom stereocenters. The maximum Gasteiger partial charge on any atom is 0.420 e. The molecule has 110 valence electrons. The predicted molar refractivity (Wildman–Crippen MR) is 74.4 cm³/mol. The summed E-state index contributed by atoms with van der Waals surface area (Å²) < 4.78 is 38.4. The molecule has 0 spiro atoms. The van der Waals surface area contributed by atoms with E-state index < -0.39 is 23.5 Å². The number of hydrogen-bond donors (Lipinski definition) is 2. The Labute approximate surface area is 124 Å². The number of alkyl halides is 3. The fraction of sp³-hybridized carbons (Fsp3) is 0.500. The lowest BCUT2D eigenvalue weighted by molar-refractivity contribution is -0.138. The highest BCUT2D eigenvalue weighted by atomic mass is 79.9. The molecule has 1 aromatic rings. The fourth-order valence-electron chi connectivity index (χ4n) is 1.75. The van der Waals surface area contributed by atoms with Crippen LogP contribution in [0, 0.1) is 5.92 Å². The van der Waals surface area contributed by atoms with Crippen LogP contribution in [0.25, 0.3) is 0 Å². The lowest BCUT2D eigenvalue weighted by Crippen LogP contribution is -2.15. The maximum absolute atomic E-state index is 12.7. The van der Waals surface area contributed by atoms with Gasteiger partial charge in [-0.05, 0) is 24.5 Å². The minimum Gasteiger partial charge on any atom is -0.507 e. The highest BCUT2D eigenvalue weighted by Gasteiger charge is 2.35. The van der Waals surface area contributed by atoms with Crippen LogP contribution in [0.4, 0.5) is 13.2 Å². The molecule has 3 N–H and O–H groups in total. The molecule has 0 radical (unpaired) electrons. The van der Waals surface area contributed by atoms with Crippen molar-refractivity contribution in [2.45, 2.75) is 32.5 Å². The molecular weight excluding hydrogens is 346 g/mol. The zero-order chi connectivity index (χ0) is 14.1. The summed E-state index contributed by atoms with van der Waals surface area (Å²) in [4.78, 5) is 0. The van der Waals surface area contributed by atoms with E-state index in [0.717, 1.165) is 6.07 Å². The van der Waals surface area contributed by atoms with E-state index >= 15 is 0 Å². The van der Waals surface area contributed by atoms with Crippen LogP contribution < -0.4 is 5.73 Å². The van der Waals surface area contributed by atoms with Crippen LogP contribution in [0.3, 0.4) is 0 Å². The summed E-state index contributed by atoms with van der Waals surface area (Å²) in [7, 11) is 0. The maximum atomic E-state index is 12.7. The van der Waals surface area contributed by atoms with E-state index in [0.29, 0.717) is 6.42 Å². The number of phenols is 1. The van der Waals surface area contributed by atoms with Gasteiger partial charge in [-0.2, -0.15) is 13.2 Å². The van der Waals surface area contributed by atoms with E-state index in [9.17, 15) is 18.3 Å². The molecule has 0 fully saturated rings. The van der Waals surface area contributed by atoms with Crippen molar-refractivity contribution in [1.29, 1.82) is 0 Å². The van der Waals surface area contributed by atoms with Gasteiger partial charge in [-0.15, -0.1) is 12.4 Å². The molecule has 0 aliphatic heterocycles. The molecule has 0 unspecified atom stereocenters. The average Bonchev–Trinajstić information content (AvgIpc) is 2.18. The van der Waals surface area contributed by atoms with E-state index in [2.05, 4.69) is 15.9 Å². The molecule has 0 bridgehead atoms. The number of hydrogen-bond acceptors (Lipinski definition) is 2. The molecule has 0 aromatic heterocycles. The lowest BCUT2D eigenvalue weighted by Gasteiger charge is -2.19. The number of benzene rings is 1. The molecule has 0 heterocycles. The van der Waals surface area contributed by atoms with Crippen molar-refractivity contribution >= 4 is 28.3 Å². The third-order valence-corrected chi connectivity index (χ3v) is 2.99. The first kappa shape index (κ1) is 18.5. The van der Waals surface area contributed by atoms with Crippen LogP contribution in [0.15, 0.2) is 16.6 Å². The van der Waals surface area contributed by atoms with Crippen LogP contribution in [-0.2, 0) is 6.18 Å². The van der Waals surface area contributed by atoms with Gasteiger partial charge in [-0.1, -0.05) is 29.8 Å². The quantitative estimate of drug-likeness (QED) is 0.823. The van der Waals surface area contributed by atoms with Gasteiger partial charge in [0.2, 0.25) is 0 Å². The Hall–Kier alpha value is -0.460. The summed E-state index contributed by atoms with van der Waals surface area (Å²) in [6, 6.07) is 1.65.